The molecule has 0 aromatic heterocycles. The molecule has 1 aromatic carbocycles. The van der Waals surface area contributed by atoms with Gasteiger partial charge in [-0.05, 0) is 74.1 Å². The average Bonchev–Trinajstić information content (AvgIpc) is 3.31. The lowest BCUT2D eigenvalue weighted by molar-refractivity contribution is -0.133. The Bertz CT molecular complexity index is 660. The summed E-state index contributed by atoms with van der Waals surface area (Å²) in [6.45, 7) is 1.46. The van der Waals surface area contributed by atoms with Crippen molar-refractivity contribution in [2.75, 3.05) is 20.2 Å². The Kier molecular flexibility index (Phi) is 5.01. The van der Waals surface area contributed by atoms with Gasteiger partial charge in [-0.2, -0.15) is 0 Å². The zero-order chi connectivity index (χ0) is 18.1. The molecule has 1 aromatic rings. The van der Waals surface area contributed by atoms with E-state index in [1.165, 1.54) is 25.7 Å². The number of likely N-dealkylation sites (tertiary alicyclic amines) is 1. The van der Waals surface area contributed by atoms with Crippen molar-refractivity contribution < 1.29 is 14.3 Å². The number of piperidine rings is 1. The molecular formula is C22H29NO3. The van der Waals surface area contributed by atoms with Gasteiger partial charge in [0.1, 0.15) is 5.75 Å². The third-order valence-corrected chi connectivity index (χ3v) is 6.91. The van der Waals surface area contributed by atoms with Crippen LogP contribution in [0.25, 0.3) is 0 Å². The summed E-state index contributed by atoms with van der Waals surface area (Å²) < 4.78 is 5.15. The highest BCUT2D eigenvalue weighted by Crippen LogP contribution is 2.49. The van der Waals surface area contributed by atoms with E-state index >= 15 is 0 Å². The van der Waals surface area contributed by atoms with Crippen molar-refractivity contribution in [2.45, 2.75) is 44.9 Å². The number of methoxy groups -OCH3 is 1. The summed E-state index contributed by atoms with van der Waals surface area (Å²) in [5, 5.41) is 0. The monoisotopic (exact) mass is 355 g/mol. The molecule has 0 spiro atoms. The fraction of sp³-hybridized carbons (Fsp3) is 0.636. The molecule has 3 aliphatic rings. The highest BCUT2D eigenvalue weighted by Gasteiger charge is 2.41. The van der Waals surface area contributed by atoms with Crippen LogP contribution in [0.15, 0.2) is 24.3 Å². The number of amides is 1. The maximum atomic E-state index is 12.7. The second-order valence-electron chi connectivity index (χ2n) is 8.39. The highest BCUT2D eigenvalue weighted by molar-refractivity contribution is 5.98. The largest absolute Gasteiger partial charge is 0.497 e. The number of ketones is 1. The van der Waals surface area contributed by atoms with Gasteiger partial charge in [-0.3, -0.25) is 9.59 Å². The SMILES string of the molecule is COc1ccc(C(=O)C2CCN(C(=O)C[C@@H]3C[C@H]4CC[C@H]3C4)CC2)cc1. The molecule has 2 saturated carbocycles. The number of rotatable bonds is 5. The summed E-state index contributed by atoms with van der Waals surface area (Å²) in [6, 6.07) is 7.35. The Morgan fingerprint density at radius 2 is 1.77 bits per heavy atom. The van der Waals surface area contributed by atoms with Gasteiger partial charge in [0.2, 0.25) is 5.91 Å². The minimum absolute atomic E-state index is 0.0370. The van der Waals surface area contributed by atoms with Gasteiger partial charge in [-0.15, -0.1) is 0 Å². The van der Waals surface area contributed by atoms with Gasteiger partial charge in [0.05, 0.1) is 7.11 Å². The lowest BCUT2D eigenvalue weighted by Crippen LogP contribution is -2.41. The Morgan fingerprint density at radius 1 is 1.04 bits per heavy atom. The van der Waals surface area contributed by atoms with Crippen molar-refractivity contribution in [2.24, 2.45) is 23.7 Å². The van der Waals surface area contributed by atoms with E-state index in [4.69, 9.17) is 4.74 Å². The lowest BCUT2D eigenvalue weighted by atomic mass is 9.85. The molecule has 1 amide bonds. The normalized spacial score (nSPS) is 28.3. The third kappa shape index (κ3) is 3.51. The standard InChI is InChI=1S/C22H29NO3/c1-26-20-6-4-16(5-7-20)22(25)17-8-10-23(11-9-17)21(24)14-19-13-15-2-3-18(19)12-15/h4-7,15,17-19H,2-3,8-14H2,1H3/t15-,18-,19-/m0/s1. The summed E-state index contributed by atoms with van der Waals surface area (Å²) in [4.78, 5) is 27.4. The van der Waals surface area contributed by atoms with Gasteiger partial charge in [-0.1, -0.05) is 6.42 Å². The zero-order valence-electron chi connectivity index (χ0n) is 15.7. The minimum atomic E-state index is 0.0370. The molecule has 1 aliphatic heterocycles. The molecular weight excluding hydrogens is 326 g/mol. The number of hydrogen-bond acceptors (Lipinski definition) is 3. The van der Waals surface area contributed by atoms with Crippen molar-refractivity contribution in [3.05, 3.63) is 29.8 Å². The lowest BCUT2D eigenvalue weighted by Gasteiger charge is -2.33. The predicted molar refractivity (Wildman–Crippen MR) is 100 cm³/mol. The Morgan fingerprint density at radius 3 is 2.35 bits per heavy atom. The molecule has 0 radical (unpaired) electrons. The first-order valence-corrected chi connectivity index (χ1v) is 10.1. The molecule has 1 saturated heterocycles. The molecule has 3 atom stereocenters. The van der Waals surface area contributed by atoms with E-state index in [-0.39, 0.29) is 11.7 Å². The van der Waals surface area contributed by atoms with Gasteiger partial charge >= 0.3 is 0 Å². The van der Waals surface area contributed by atoms with Gasteiger partial charge < -0.3 is 9.64 Å². The van der Waals surface area contributed by atoms with E-state index in [9.17, 15) is 9.59 Å². The van der Waals surface area contributed by atoms with Crippen molar-refractivity contribution in [1.82, 2.24) is 4.90 Å². The van der Waals surface area contributed by atoms with Crippen molar-refractivity contribution in [3.8, 4) is 5.75 Å². The van der Waals surface area contributed by atoms with Gasteiger partial charge in [0, 0.05) is 31.0 Å². The molecule has 4 heteroatoms. The number of ether oxygens (including phenoxy) is 1. The zero-order valence-corrected chi connectivity index (χ0v) is 15.7. The molecule has 3 fully saturated rings. The topological polar surface area (TPSA) is 46.6 Å². The van der Waals surface area contributed by atoms with Gasteiger partial charge in [0.25, 0.3) is 0 Å². The maximum absolute atomic E-state index is 12.7. The van der Waals surface area contributed by atoms with Crippen molar-refractivity contribution in [1.29, 1.82) is 0 Å². The summed E-state index contributed by atoms with van der Waals surface area (Å²) in [6.07, 6.45) is 7.65. The molecule has 26 heavy (non-hydrogen) atoms. The predicted octanol–water partition coefficient (Wildman–Crippen LogP) is 3.94. The summed E-state index contributed by atoms with van der Waals surface area (Å²) in [5.41, 5.74) is 0.748. The van der Waals surface area contributed by atoms with E-state index < -0.39 is 0 Å². The Balaban J connectivity index is 1.27. The van der Waals surface area contributed by atoms with Crippen LogP contribution < -0.4 is 4.74 Å². The van der Waals surface area contributed by atoms with E-state index in [1.807, 2.05) is 29.2 Å². The number of nitrogens with zero attached hydrogens (tertiary/aromatic N) is 1. The van der Waals surface area contributed by atoms with Gasteiger partial charge in [-0.25, -0.2) is 0 Å². The van der Waals surface area contributed by atoms with Crippen molar-refractivity contribution >= 4 is 11.7 Å². The molecule has 2 bridgehead atoms. The first-order chi connectivity index (χ1) is 12.6. The number of benzene rings is 1. The van der Waals surface area contributed by atoms with Crippen molar-refractivity contribution in [3.63, 3.8) is 0 Å². The second kappa shape index (κ2) is 7.42. The van der Waals surface area contributed by atoms with E-state index in [1.54, 1.807) is 7.11 Å². The average molecular weight is 355 g/mol. The maximum Gasteiger partial charge on any atom is 0.222 e. The number of carbonyl (C=O) groups excluding carboxylic acids is 2. The molecule has 2 aliphatic carbocycles. The number of fused-ring (bicyclic) bond motifs is 2. The molecule has 140 valence electrons. The van der Waals surface area contributed by atoms with Crippen LogP contribution >= 0.6 is 0 Å². The smallest absolute Gasteiger partial charge is 0.222 e. The Hall–Kier alpha value is -1.84. The van der Waals surface area contributed by atoms with Crippen LogP contribution in [-0.4, -0.2) is 36.8 Å². The fourth-order valence-corrected chi connectivity index (χ4v) is 5.36. The van der Waals surface area contributed by atoms with E-state index in [0.29, 0.717) is 11.8 Å². The first kappa shape index (κ1) is 17.6. The van der Waals surface area contributed by atoms with Crippen LogP contribution in [0, 0.1) is 23.7 Å². The summed E-state index contributed by atoms with van der Waals surface area (Å²) in [5.74, 6) is 3.65. The second-order valence-corrected chi connectivity index (χ2v) is 8.39. The molecule has 4 rings (SSSR count). The summed E-state index contributed by atoms with van der Waals surface area (Å²) in [7, 11) is 1.63. The number of Topliss-reactive ketones (excluding diaryl/α,β-unsaturated/α-hetero) is 1. The number of hydrogen-bond donors (Lipinski definition) is 0. The van der Waals surface area contributed by atoms with E-state index in [2.05, 4.69) is 0 Å². The molecule has 0 N–H and O–H groups in total. The van der Waals surface area contributed by atoms with Crippen LogP contribution in [0.1, 0.15) is 55.3 Å². The fourth-order valence-electron chi connectivity index (χ4n) is 5.36. The molecule has 0 unspecified atom stereocenters. The summed E-state index contributed by atoms with van der Waals surface area (Å²) >= 11 is 0. The van der Waals surface area contributed by atoms with Crippen LogP contribution in [0.2, 0.25) is 0 Å². The number of carbonyl (C=O) groups is 2. The first-order valence-electron chi connectivity index (χ1n) is 10.1. The van der Waals surface area contributed by atoms with Crippen LogP contribution in [0.3, 0.4) is 0 Å². The van der Waals surface area contributed by atoms with Crippen LogP contribution in [-0.2, 0) is 4.79 Å². The van der Waals surface area contributed by atoms with E-state index in [0.717, 1.165) is 55.5 Å². The third-order valence-electron chi connectivity index (χ3n) is 6.91. The molecule has 1 heterocycles. The van der Waals surface area contributed by atoms with Gasteiger partial charge in [0.15, 0.2) is 5.78 Å². The highest BCUT2D eigenvalue weighted by atomic mass is 16.5. The van der Waals surface area contributed by atoms with Crippen LogP contribution in [0.4, 0.5) is 0 Å². The minimum Gasteiger partial charge on any atom is -0.497 e. The molecule has 4 nitrogen and oxygen atoms in total. The van der Waals surface area contributed by atoms with Crippen LogP contribution in [0.5, 0.6) is 5.75 Å². The Labute approximate surface area is 155 Å². The quantitative estimate of drug-likeness (QED) is 0.752.